The van der Waals surface area contributed by atoms with Crippen molar-refractivity contribution in [1.29, 1.82) is 0 Å². The van der Waals surface area contributed by atoms with Crippen LogP contribution in [0.15, 0.2) is 36.8 Å². The van der Waals surface area contributed by atoms with Crippen molar-refractivity contribution in [2.45, 2.75) is 18.8 Å². The van der Waals surface area contributed by atoms with Crippen LogP contribution in [-0.4, -0.2) is 29.6 Å². The summed E-state index contributed by atoms with van der Waals surface area (Å²) >= 11 is 6.14. The van der Waals surface area contributed by atoms with E-state index in [9.17, 15) is 8.42 Å². The number of rotatable bonds is 5. The van der Waals surface area contributed by atoms with Crippen molar-refractivity contribution in [2.24, 2.45) is 0 Å². The number of nitrogens with one attached hydrogen (secondary N) is 2. The van der Waals surface area contributed by atoms with Gasteiger partial charge in [0.05, 0.1) is 23.3 Å². The molecule has 0 unspecified atom stereocenters. The number of aromatic nitrogens is 3. The Balaban J connectivity index is 1.91. The number of hydrogen-bond donors (Lipinski definition) is 2. The van der Waals surface area contributed by atoms with E-state index in [1.807, 2.05) is 6.07 Å². The lowest BCUT2D eigenvalue weighted by molar-refractivity contribution is 0.604. The first kappa shape index (κ1) is 17.9. The van der Waals surface area contributed by atoms with Crippen LogP contribution in [0.2, 0.25) is 5.02 Å². The zero-order chi connectivity index (χ0) is 19.2. The molecule has 27 heavy (non-hydrogen) atoms. The van der Waals surface area contributed by atoms with E-state index in [1.54, 1.807) is 12.3 Å². The minimum atomic E-state index is -3.65. The van der Waals surface area contributed by atoms with Gasteiger partial charge in [-0.2, -0.15) is 0 Å². The van der Waals surface area contributed by atoms with Crippen molar-refractivity contribution in [3.8, 4) is 22.5 Å². The van der Waals surface area contributed by atoms with Gasteiger partial charge in [0, 0.05) is 28.0 Å². The number of aromatic amines is 1. The fourth-order valence-corrected chi connectivity index (χ4v) is 3.77. The maximum Gasteiger partial charge on any atom is 0.229 e. The normalized spacial score (nSPS) is 14.3. The van der Waals surface area contributed by atoms with Gasteiger partial charge in [0.25, 0.3) is 0 Å². The van der Waals surface area contributed by atoms with Crippen LogP contribution >= 0.6 is 11.6 Å². The first-order chi connectivity index (χ1) is 12.8. The Morgan fingerprint density at radius 3 is 2.67 bits per heavy atom. The molecule has 1 aliphatic rings. The third kappa shape index (κ3) is 3.81. The van der Waals surface area contributed by atoms with Crippen molar-refractivity contribution in [2.75, 3.05) is 11.0 Å². The van der Waals surface area contributed by atoms with Crippen LogP contribution in [0, 0.1) is 5.82 Å². The first-order valence-corrected chi connectivity index (χ1v) is 10.6. The minimum Gasteiger partial charge on any atom is -0.356 e. The molecule has 0 bridgehead atoms. The first-order valence-electron chi connectivity index (χ1n) is 8.28. The van der Waals surface area contributed by atoms with Gasteiger partial charge in [-0.3, -0.25) is 4.72 Å². The van der Waals surface area contributed by atoms with E-state index in [1.165, 1.54) is 18.5 Å². The maximum atomic E-state index is 15.2. The van der Waals surface area contributed by atoms with Gasteiger partial charge in [-0.1, -0.05) is 11.6 Å². The summed E-state index contributed by atoms with van der Waals surface area (Å²) in [5.74, 6) is -0.281. The summed E-state index contributed by atoms with van der Waals surface area (Å²) in [5.41, 5.74) is 2.84. The monoisotopic (exact) mass is 406 g/mol. The number of H-pyrrole nitrogens is 1. The highest BCUT2D eigenvalue weighted by Gasteiger charge is 2.28. The van der Waals surface area contributed by atoms with Crippen molar-refractivity contribution in [1.82, 2.24) is 15.0 Å². The van der Waals surface area contributed by atoms with Crippen molar-refractivity contribution in [3.05, 3.63) is 53.3 Å². The molecule has 0 radical (unpaired) electrons. The molecular formula is C18H16ClFN4O2S. The van der Waals surface area contributed by atoms with Gasteiger partial charge < -0.3 is 4.98 Å². The second-order valence-corrected chi connectivity index (χ2v) is 8.76. The summed E-state index contributed by atoms with van der Waals surface area (Å²) in [6, 6.07) is 6.34. The van der Waals surface area contributed by atoms with E-state index < -0.39 is 15.8 Å². The number of hydrogen-bond acceptors (Lipinski definition) is 4. The third-order valence-electron chi connectivity index (χ3n) is 4.32. The summed E-state index contributed by atoms with van der Waals surface area (Å²) in [6.45, 7) is 0. The smallest absolute Gasteiger partial charge is 0.229 e. The molecule has 1 aliphatic carbocycles. The number of nitrogens with zero attached hydrogens (tertiary/aromatic N) is 2. The van der Waals surface area contributed by atoms with E-state index in [2.05, 4.69) is 19.7 Å². The van der Waals surface area contributed by atoms with Gasteiger partial charge in [-0.25, -0.2) is 22.8 Å². The van der Waals surface area contributed by atoms with Gasteiger partial charge in [0.1, 0.15) is 6.33 Å². The van der Waals surface area contributed by atoms with Gasteiger partial charge in [0.2, 0.25) is 10.0 Å². The van der Waals surface area contributed by atoms with Crippen molar-refractivity contribution >= 4 is 27.3 Å². The summed E-state index contributed by atoms with van der Waals surface area (Å²) < 4.78 is 40.5. The molecule has 2 aromatic heterocycles. The summed E-state index contributed by atoms with van der Waals surface area (Å²) in [6.07, 6.45) is 6.13. The molecule has 1 saturated carbocycles. The Morgan fingerprint density at radius 2 is 2.04 bits per heavy atom. The molecule has 0 atom stereocenters. The fraction of sp³-hybridized carbons (Fsp3) is 0.222. The van der Waals surface area contributed by atoms with E-state index in [0.29, 0.717) is 22.9 Å². The fourth-order valence-electron chi connectivity index (χ4n) is 3.00. The maximum absolute atomic E-state index is 15.2. The van der Waals surface area contributed by atoms with E-state index in [4.69, 9.17) is 11.6 Å². The molecule has 0 spiro atoms. The zero-order valence-electron chi connectivity index (χ0n) is 14.3. The molecular weight excluding hydrogens is 391 g/mol. The molecule has 3 aromatic rings. The number of sulfonamides is 1. The Bertz CT molecular complexity index is 1110. The summed E-state index contributed by atoms with van der Waals surface area (Å²) in [7, 11) is -3.65. The number of halogens is 2. The second-order valence-electron chi connectivity index (χ2n) is 6.57. The molecule has 4 rings (SSSR count). The summed E-state index contributed by atoms with van der Waals surface area (Å²) in [5, 5.41) is 0.223. The van der Waals surface area contributed by atoms with Gasteiger partial charge in [0.15, 0.2) is 5.82 Å². The second kappa shape index (κ2) is 6.61. The van der Waals surface area contributed by atoms with E-state index in [-0.39, 0.29) is 16.3 Å². The number of benzene rings is 1. The average Bonchev–Trinajstić information content (AvgIpc) is 3.36. The molecule has 2 heterocycles. The van der Waals surface area contributed by atoms with E-state index >= 15 is 4.39 Å². The third-order valence-corrected chi connectivity index (χ3v) is 5.13. The lowest BCUT2D eigenvalue weighted by Gasteiger charge is -2.11. The Morgan fingerprint density at radius 1 is 1.26 bits per heavy atom. The molecule has 2 N–H and O–H groups in total. The predicted octanol–water partition coefficient (Wildman–Crippen LogP) is 4.18. The van der Waals surface area contributed by atoms with Gasteiger partial charge >= 0.3 is 0 Å². The lowest BCUT2D eigenvalue weighted by atomic mass is 10.0. The Hall–Kier alpha value is -2.45. The Kier molecular flexibility index (Phi) is 4.39. The van der Waals surface area contributed by atoms with Crippen molar-refractivity contribution < 1.29 is 12.8 Å². The molecule has 1 fully saturated rings. The number of anilines is 1. The average molecular weight is 407 g/mol. The van der Waals surface area contributed by atoms with Crippen LogP contribution < -0.4 is 4.72 Å². The standard InChI is InChI=1S/C18H16ClFN4O2S/c1-27(25,26)24-16-7-11(19)6-12(17(16)20)13-8-15(10-2-3-10)23-18(13)14-4-5-21-9-22-14/h4-10,23-24H,2-3H2,1H3. The predicted molar refractivity (Wildman–Crippen MR) is 103 cm³/mol. The molecule has 9 heteroatoms. The Labute approximate surface area is 160 Å². The van der Waals surface area contributed by atoms with Gasteiger partial charge in [-0.15, -0.1) is 0 Å². The molecule has 140 valence electrons. The molecule has 6 nitrogen and oxygen atoms in total. The van der Waals surface area contributed by atoms with Crippen LogP contribution in [-0.2, 0) is 10.0 Å². The van der Waals surface area contributed by atoms with E-state index in [0.717, 1.165) is 24.8 Å². The lowest BCUT2D eigenvalue weighted by Crippen LogP contribution is -2.11. The van der Waals surface area contributed by atoms with Gasteiger partial charge in [-0.05, 0) is 43.0 Å². The largest absolute Gasteiger partial charge is 0.356 e. The molecule has 1 aromatic carbocycles. The quantitative estimate of drug-likeness (QED) is 0.665. The zero-order valence-corrected chi connectivity index (χ0v) is 15.9. The molecule has 0 saturated heterocycles. The molecule has 0 aliphatic heterocycles. The highest BCUT2D eigenvalue weighted by atomic mass is 35.5. The van der Waals surface area contributed by atoms with Crippen LogP contribution in [0.25, 0.3) is 22.5 Å². The molecule has 0 amide bonds. The SMILES string of the molecule is CS(=O)(=O)Nc1cc(Cl)cc(-c2cc(C3CC3)[nH]c2-c2ccncn2)c1F. The van der Waals surface area contributed by atoms with Crippen LogP contribution in [0.1, 0.15) is 24.5 Å². The summed E-state index contributed by atoms with van der Waals surface area (Å²) in [4.78, 5) is 11.5. The van der Waals surface area contributed by atoms with Crippen LogP contribution in [0.5, 0.6) is 0 Å². The van der Waals surface area contributed by atoms with Crippen LogP contribution in [0.3, 0.4) is 0 Å². The highest BCUT2D eigenvalue weighted by molar-refractivity contribution is 7.92. The topological polar surface area (TPSA) is 87.7 Å². The van der Waals surface area contributed by atoms with Crippen LogP contribution in [0.4, 0.5) is 10.1 Å². The highest BCUT2D eigenvalue weighted by Crippen LogP contribution is 2.44. The minimum absolute atomic E-state index is 0.192. The van der Waals surface area contributed by atoms with Crippen molar-refractivity contribution in [3.63, 3.8) is 0 Å².